The Morgan fingerprint density at radius 2 is 1.60 bits per heavy atom. The zero-order valence-electron chi connectivity index (χ0n) is 23.7. The van der Waals surface area contributed by atoms with Gasteiger partial charge in [-0.15, -0.1) is 11.3 Å². The molecule has 1 aliphatic heterocycles. The maximum Gasteiger partial charge on any atom is 0.299 e. The molecule has 0 radical (unpaired) electrons. The van der Waals surface area contributed by atoms with Crippen molar-refractivity contribution in [3.63, 3.8) is 0 Å². The van der Waals surface area contributed by atoms with Gasteiger partial charge in [0.2, 0.25) is 5.91 Å². The standard InChI is InChI=1S/C32H29N3O7S/c1-40-21-12-10-20(11-13-21)18-35(28(36)19-34-25-8-5-4-7-23(25)30(37)32(34)39)29(27-9-6-16-43-27)31(38)33-24-15-14-22(41-2)17-26(24)42-3/h4-17,29H,18-19H2,1-3H3,(H,33,38). The van der Waals surface area contributed by atoms with Crippen molar-refractivity contribution in [1.82, 2.24) is 4.90 Å². The van der Waals surface area contributed by atoms with Gasteiger partial charge in [-0.2, -0.15) is 0 Å². The summed E-state index contributed by atoms with van der Waals surface area (Å²) in [6, 6.07) is 21.1. The van der Waals surface area contributed by atoms with Crippen LogP contribution in [0.2, 0.25) is 0 Å². The average Bonchev–Trinajstić information content (AvgIpc) is 3.64. The molecule has 0 fully saturated rings. The number of amides is 3. The number of carbonyl (C=O) groups is 4. The van der Waals surface area contributed by atoms with Crippen LogP contribution in [0, 0.1) is 0 Å². The largest absolute Gasteiger partial charge is 0.497 e. The highest BCUT2D eigenvalue weighted by Gasteiger charge is 2.39. The van der Waals surface area contributed by atoms with E-state index in [9.17, 15) is 19.2 Å². The number of carbonyl (C=O) groups excluding carboxylic acids is 4. The zero-order valence-corrected chi connectivity index (χ0v) is 24.6. The first kappa shape index (κ1) is 29.3. The summed E-state index contributed by atoms with van der Waals surface area (Å²) in [4.78, 5) is 57.0. The number of benzene rings is 3. The molecule has 10 nitrogen and oxygen atoms in total. The van der Waals surface area contributed by atoms with Crippen LogP contribution in [0.4, 0.5) is 11.4 Å². The second kappa shape index (κ2) is 12.8. The topological polar surface area (TPSA) is 114 Å². The van der Waals surface area contributed by atoms with Crippen LogP contribution in [-0.4, -0.2) is 56.3 Å². The van der Waals surface area contributed by atoms with Crippen molar-refractivity contribution in [3.8, 4) is 17.2 Å². The van der Waals surface area contributed by atoms with Gasteiger partial charge in [0.25, 0.3) is 17.6 Å². The van der Waals surface area contributed by atoms with E-state index in [1.807, 2.05) is 5.38 Å². The first-order valence-corrected chi connectivity index (χ1v) is 14.2. The molecule has 43 heavy (non-hydrogen) atoms. The van der Waals surface area contributed by atoms with Crippen molar-refractivity contribution in [2.24, 2.45) is 0 Å². The Morgan fingerprint density at radius 3 is 2.28 bits per heavy atom. The second-order valence-electron chi connectivity index (χ2n) is 9.58. The number of methoxy groups -OCH3 is 3. The van der Waals surface area contributed by atoms with E-state index in [2.05, 4.69) is 5.32 Å². The third kappa shape index (κ3) is 6.07. The molecule has 5 rings (SSSR count). The summed E-state index contributed by atoms with van der Waals surface area (Å²) in [5, 5.41) is 4.72. The Bertz CT molecular complexity index is 1650. The second-order valence-corrected chi connectivity index (χ2v) is 10.6. The number of nitrogens with one attached hydrogen (secondary N) is 1. The molecule has 11 heteroatoms. The van der Waals surface area contributed by atoms with E-state index in [4.69, 9.17) is 14.2 Å². The Labute approximate surface area is 252 Å². The molecule has 1 N–H and O–H groups in total. The Morgan fingerprint density at radius 1 is 0.884 bits per heavy atom. The van der Waals surface area contributed by atoms with Gasteiger partial charge < -0.3 is 24.4 Å². The van der Waals surface area contributed by atoms with E-state index in [1.165, 1.54) is 30.5 Å². The van der Waals surface area contributed by atoms with Crippen molar-refractivity contribution < 1.29 is 33.4 Å². The number of anilines is 2. The van der Waals surface area contributed by atoms with Gasteiger partial charge in [0.15, 0.2) is 0 Å². The van der Waals surface area contributed by atoms with E-state index >= 15 is 0 Å². The van der Waals surface area contributed by atoms with Crippen molar-refractivity contribution in [1.29, 1.82) is 0 Å². The normalized spacial score (nSPS) is 12.9. The highest BCUT2D eigenvalue weighted by molar-refractivity contribution is 7.10. The number of rotatable bonds is 11. The number of fused-ring (bicyclic) bond motifs is 1. The number of nitrogens with zero attached hydrogens (tertiary/aromatic N) is 2. The molecule has 0 bridgehead atoms. The minimum absolute atomic E-state index is 0.0379. The summed E-state index contributed by atoms with van der Waals surface area (Å²) in [6.45, 7) is -0.394. The Hall–Kier alpha value is -5.16. The molecule has 1 aliphatic rings. The molecule has 0 saturated heterocycles. The lowest BCUT2D eigenvalue weighted by Gasteiger charge is -2.32. The summed E-state index contributed by atoms with van der Waals surface area (Å²) in [5.74, 6) is -0.919. The molecule has 1 unspecified atom stereocenters. The summed E-state index contributed by atoms with van der Waals surface area (Å²) in [7, 11) is 4.56. The van der Waals surface area contributed by atoms with Gasteiger partial charge in [-0.25, -0.2) is 0 Å². The molecule has 1 atom stereocenters. The summed E-state index contributed by atoms with van der Waals surface area (Å²) in [6.07, 6.45) is 0. The molecule has 1 aromatic heterocycles. The first-order chi connectivity index (χ1) is 20.8. The van der Waals surface area contributed by atoms with Crippen molar-refractivity contribution in [2.75, 3.05) is 38.1 Å². The van der Waals surface area contributed by atoms with Gasteiger partial charge in [0.1, 0.15) is 29.8 Å². The lowest BCUT2D eigenvalue weighted by Crippen LogP contribution is -2.46. The number of para-hydroxylation sites is 1. The van der Waals surface area contributed by atoms with Crippen LogP contribution in [0.3, 0.4) is 0 Å². The fourth-order valence-corrected chi connectivity index (χ4v) is 5.69. The van der Waals surface area contributed by atoms with Gasteiger partial charge in [-0.05, 0) is 53.4 Å². The zero-order chi connectivity index (χ0) is 30.5. The van der Waals surface area contributed by atoms with Crippen LogP contribution in [-0.2, 0) is 20.9 Å². The number of hydrogen-bond acceptors (Lipinski definition) is 8. The number of thiophene rings is 1. The maximum absolute atomic E-state index is 14.2. The van der Waals surface area contributed by atoms with Gasteiger partial charge in [0.05, 0.1) is 38.3 Å². The van der Waals surface area contributed by atoms with E-state index < -0.39 is 36.1 Å². The summed E-state index contributed by atoms with van der Waals surface area (Å²) in [5.41, 5.74) is 1.72. The Balaban J connectivity index is 1.52. The van der Waals surface area contributed by atoms with E-state index in [0.717, 1.165) is 10.5 Å². The predicted octanol–water partition coefficient (Wildman–Crippen LogP) is 4.71. The lowest BCUT2D eigenvalue weighted by atomic mass is 10.1. The van der Waals surface area contributed by atoms with Gasteiger partial charge in [-0.3, -0.25) is 24.1 Å². The van der Waals surface area contributed by atoms with Gasteiger partial charge in [0, 0.05) is 17.5 Å². The first-order valence-electron chi connectivity index (χ1n) is 13.3. The quantitative estimate of drug-likeness (QED) is 0.248. The SMILES string of the molecule is COc1ccc(CN(C(=O)CN2C(=O)C(=O)c3ccccc32)C(C(=O)Nc2ccc(OC)cc2OC)c2cccs2)cc1. The summed E-state index contributed by atoms with van der Waals surface area (Å²) < 4.78 is 16.0. The number of hydrogen-bond donors (Lipinski definition) is 1. The number of ether oxygens (including phenoxy) is 3. The van der Waals surface area contributed by atoms with Gasteiger partial charge >= 0.3 is 0 Å². The van der Waals surface area contributed by atoms with Crippen LogP contribution in [0.5, 0.6) is 17.2 Å². The summed E-state index contributed by atoms with van der Waals surface area (Å²) >= 11 is 1.32. The smallest absolute Gasteiger partial charge is 0.299 e. The van der Waals surface area contributed by atoms with Crippen molar-refractivity contribution in [3.05, 3.63) is 100 Å². The highest BCUT2D eigenvalue weighted by Crippen LogP contribution is 2.34. The molecular formula is C32H29N3O7S. The Kier molecular flexibility index (Phi) is 8.72. The number of Topliss-reactive ketones (excluding diaryl/α,β-unsaturated/α-hetero) is 1. The molecule has 3 amide bonds. The van der Waals surface area contributed by atoms with Crippen molar-refractivity contribution >= 4 is 46.2 Å². The van der Waals surface area contributed by atoms with Crippen molar-refractivity contribution in [2.45, 2.75) is 12.6 Å². The number of ketones is 1. The van der Waals surface area contributed by atoms with Crippen LogP contribution in [0.1, 0.15) is 26.8 Å². The van der Waals surface area contributed by atoms with Gasteiger partial charge in [-0.1, -0.05) is 30.3 Å². The molecule has 0 aliphatic carbocycles. The predicted molar refractivity (Wildman–Crippen MR) is 162 cm³/mol. The van der Waals surface area contributed by atoms with Crippen LogP contribution in [0.25, 0.3) is 0 Å². The molecule has 220 valence electrons. The monoisotopic (exact) mass is 599 g/mol. The van der Waals surface area contributed by atoms with Crippen LogP contribution < -0.4 is 24.4 Å². The molecular weight excluding hydrogens is 570 g/mol. The third-order valence-corrected chi connectivity index (χ3v) is 7.97. The molecule has 0 spiro atoms. The minimum atomic E-state index is -1.08. The highest BCUT2D eigenvalue weighted by atomic mass is 32.1. The maximum atomic E-state index is 14.2. The fourth-order valence-electron chi connectivity index (χ4n) is 4.86. The average molecular weight is 600 g/mol. The van der Waals surface area contributed by atoms with E-state index in [0.29, 0.717) is 33.5 Å². The molecule has 0 saturated carbocycles. The van der Waals surface area contributed by atoms with E-state index in [1.54, 1.807) is 86.0 Å². The minimum Gasteiger partial charge on any atom is -0.497 e. The molecule has 3 aromatic carbocycles. The lowest BCUT2D eigenvalue weighted by molar-refractivity contribution is -0.138. The molecule has 2 heterocycles. The molecule has 4 aromatic rings. The van der Waals surface area contributed by atoms with E-state index in [-0.39, 0.29) is 12.1 Å². The third-order valence-electron chi connectivity index (χ3n) is 7.04. The van der Waals surface area contributed by atoms with Crippen LogP contribution >= 0.6 is 11.3 Å². The fraction of sp³-hybridized carbons (Fsp3) is 0.188. The van der Waals surface area contributed by atoms with Crippen LogP contribution in [0.15, 0.2) is 84.2 Å².